The second-order valence-electron chi connectivity index (χ2n) is 7.51. The van der Waals surface area contributed by atoms with Gasteiger partial charge in [0.05, 0.1) is 13.2 Å². The molecule has 1 rings (SSSR count). The molecule has 3 N–H and O–H groups in total. The van der Waals surface area contributed by atoms with E-state index in [2.05, 4.69) is 39.8 Å². The van der Waals surface area contributed by atoms with E-state index in [0.29, 0.717) is 36.9 Å². The quantitative estimate of drug-likeness (QED) is 0.0975. The lowest BCUT2D eigenvalue weighted by atomic mass is 10.2. The fourth-order valence-corrected chi connectivity index (χ4v) is 2.58. The topological polar surface area (TPSA) is 147 Å². The molecule has 0 fully saturated rings. The van der Waals surface area contributed by atoms with Gasteiger partial charge < -0.3 is 30.2 Å². The summed E-state index contributed by atoms with van der Waals surface area (Å²) in [6, 6.07) is 6.69. The third-order valence-electron chi connectivity index (χ3n) is 4.22. The third kappa shape index (κ3) is 14.1. The molecule has 1 aromatic rings. The summed E-state index contributed by atoms with van der Waals surface area (Å²) >= 11 is 0. The van der Waals surface area contributed by atoms with Gasteiger partial charge in [-0.05, 0) is 36.2 Å². The summed E-state index contributed by atoms with van der Waals surface area (Å²) in [5, 5.41) is 12.2. The van der Waals surface area contributed by atoms with E-state index in [1.54, 1.807) is 24.3 Å². The minimum atomic E-state index is -0.888. The van der Waals surface area contributed by atoms with Crippen LogP contribution in [0.2, 0.25) is 0 Å². The van der Waals surface area contributed by atoms with Crippen LogP contribution in [0.25, 0.3) is 10.4 Å². The Labute approximate surface area is 200 Å². The van der Waals surface area contributed by atoms with Crippen LogP contribution in [0, 0.1) is 5.92 Å². The van der Waals surface area contributed by atoms with E-state index in [1.165, 1.54) is 0 Å². The van der Waals surface area contributed by atoms with Crippen molar-refractivity contribution in [3.8, 4) is 5.75 Å². The molecule has 1 unspecified atom stereocenters. The van der Waals surface area contributed by atoms with E-state index in [-0.39, 0.29) is 38.2 Å². The number of nitrogens with one attached hydrogen (secondary N) is 3. The van der Waals surface area contributed by atoms with E-state index in [9.17, 15) is 9.59 Å². The first kappa shape index (κ1) is 28.9. The van der Waals surface area contributed by atoms with Crippen LogP contribution in [0.15, 0.2) is 41.5 Å². The summed E-state index contributed by atoms with van der Waals surface area (Å²) < 4.78 is 16.4. The number of allylic oxidation sites excluding steroid dienone is 1. The summed E-state index contributed by atoms with van der Waals surface area (Å²) in [6.07, 6.45) is 3.01. The maximum absolute atomic E-state index is 12.2. The first-order valence-electron chi connectivity index (χ1n) is 11.3. The molecule has 11 nitrogen and oxygen atoms in total. The molecule has 0 spiro atoms. The zero-order chi connectivity index (χ0) is 25.0. The first-order chi connectivity index (χ1) is 16.5. The summed E-state index contributed by atoms with van der Waals surface area (Å²) in [5.41, 5.74) is 9.22. The molecular weight excluding hydrogens is 440 g/mol. The average molecular weight is 477 g/mol. The normalized spacial score (nSPS) is 11.8. The minimum absolute atomic E-state index is 0.0434. The molecule has 0 aliphatic heterocycles. The fourth-order valence-electron chi connectivity index (χ4n) is 2.58. The second-order valence-corrected chi connectivity index (χ2v) is 7.51. The van der Waals surface area contributed by atoms with Gasteiger partial charge in [-0.1, -0.05) is 44.1 Å². The molecule has 0 saturated carbocycles. The van der Waals surface area contributed by atoms with Crippen LogP contribution in [0.3, 0.4) is 0 Å². The Morgan fingerprint density at radius 1 is 1.21 bits per heavy atom. The maximum Gasteiger partial charge on any atom is 0.251 e. The van der Waals surface area contributed by atoms with Gasteiger partial charge in [-0.3, -0.25) is 9.59 Å². The Hall–Kier alpha value is -3.11. The Morgan fingerprint density at radius 3 is 2.76 bits per heavy atom. The number of rotatable bonds is 18. The molecular formula is C23H36N6O5. The van der Waals surface area contributed by atoms with E-state index in [0.717, 1.165) is 6.54 Å². The highest BCUT2D eigenvalue weighted by molar-refractivity contribution is 5.94. The lowest BCUT2D eigenvalue weighted by Gasteiger charge is -2.14. The number of ether oxygens (including phenoxy) is 3. The number of amides is 2. The van der Waals surface area contributed by atoms with Gasteiger partial charge in [-0.15, -0.1) is 0 Å². The third-order valence-corrected chi connectivity index (χ3v) is 4.22. The Kier molecular flexibility index (Phi) is 15.6. The minimum Gasteiger partial charge on any atom is -0.491 e. The largest absolute Gasteiger partial charge is 0.491 e. The average Bonchev–Trinajstić information content (AvgIpc) is 2.82. The number of nitrogens with zero attached hydrogens (tertiary/aromatic N) is 3. The van der Waals surface area contributed by atoms with E-state index in [4.69, 9.17) is 19.7 Å². The molecule has 2 amide bonds. The van der Waals surface area contributed by atoms with Crippen molar-refractivity contribution >= 4 is 11.8 Å². The summed E-state index contributed by atoms with van der Waals surface area (Å²) in [6.45, 7) is 8.73. The zero-order valence-corrected chi connectivity index (χ0v) is 20.2. The van der Waals surface area contributed by atoms with Crippen molar-refractivity contribution in [1.29, 1.82) is 0 Å². The number of azide groups is 1. The molecule has 0 radical (unpaired) electrons. The first-order valence-corrected chi connectivity index (χ1v) is 11.3. The molecule has 0 aromatic heterocycles. The van der Waals surface area contributed by atoms with Crippen LogP contribution in [-0.4, -0.2) is 70.6 Å². The molecule has 1 aromatic carbocycles. The number of carbonyl (C=O) groups is 2. The van der Waals surface area contributed by atoms with Crippen molar-refractivity contribution in [2.45, 2.75) is 27.0 Å². The van der Waals surface area contributed by atoms with Gasteiger partial charge in [0, 0.05) is 30.1 Å². The van der Waals surface area contributed by atoms with Gasteiger partial charge in [-0.25, -0.2) is 0 Å². The molecule has 188 valence electrons. The lowest BCUT2D eigenvalue weighted by Crippen LogP contribution is -2.31. The van der Waals surface area contributed by atoms with E-state index in [1.807, 2.05) is 19.1 Å². The van der Waals surface area contributed by atoms with Crippen LogP contribution in [0.4, 0.5) is 0 Å². The van der Waals surface area contributed by atoms with Crippen molar-refractivity contribution in [3.05, 3.63) is 52.4 Å². The summed E-state index contributed by atoms with van der Waals surface area (Å²) in [5.74, 6) is 0.442. The van der Waals surface area contributed by atoms with Crippen molar-refractivity contribution in [2.75, 3.05) is 52.6 Å². The highest BCUT2D eigenvalue weighted by Gasteiger charge is 2.10. The standard InChI is InChI=1S/C23H36N6O5/c1-4-25-11-12-27-23(31)19-8-5-9-20(15-19)34-17-22(28-29-24)33-14-13-32-16-21(30)26-10-6-7-18(2)3/h5-9,15,18,22,25H,4,10-14,16-17H2,1-3H3,(H,26,30)(H,27,31)/b7-6+. The SMILES string of the molecule is CCNCCNC(=O)c1cccc(OCC(N=[N+]=[N-])OCCOCC(=O)NC/C=C/C(C)C)c1. The monoisotopic (exact) mass is 476 g/mol. The maximum atomic E-state index is 12.2. The van der Waals surface area contributed by atoms with Gasteiger partial charge in [0.2, 0.25) is 5.91 Å². The number of likely N-dealkylation sites (N-methyl/N-ethyl adjacent to an activating group) is 1. The van der Waals surface area contributed by atoms with Gasteiger partial charge in [0.25, 0.3) is 5.91 Å². The van der Waals surface area contributed by atoms with Crippen LogP contribution in [-0.2, 0) is 14.3 Å². The number of benzene rings is 1. The Morgan fingerprint density at radius 2 is 2.03 bits per heavy atom. The number of carbonyl (C=O) groups excluding carboxylic acids is 2. The van der Waals surface area contributed by atoms with Crippen molar-refractivity contribution in [1.82, 2.24) is 16.0 Å². The highest BCUT2D eigenvalue weighted by atomic mass is 16.6. The molecule has 0 bridgehead atoms. The van der Waals surface area contributed by atoms with Crippen LogP contribution in [0.1, 0.15) is 31.1 Å². The van der Waals surface area contributed by atoms with Crippen molar-refractivity contribution in [2.24, 2.45) is 11.0 Å². The molecule has 0 aliphatic carbocycles. The van der Waals surface area contributed by atoms with Gasteiger partial charge in [0.1, 0.15) is 19.0 Å². The fraction of sp³-hybridized carbons (Fsp3) is 0.565. The second kappa shape index (κ2) is 18.3. The van der Waals surface area contributed by atoms with Gasteiger partial charge in [0.15, 0.2) is 6.23 Å². The summed E-state index contributed by atoms with van der Waals surface area (Å²) in [4.78, 5) is 26.7. The molecule has 0 saturated heterocycles. The zero-order valence-electron chi connectivity index (χ0n) is 20.2. The molecule has 1 atom stereocenters. The van der Waals surface area contributed by atoms with Crippen LogP contribution >= 0.6 is 0 Å². The number of hydrogen-bond acceptors (Lipinski definition) is 7. The van der Waals surface area contributed by atoms with Crippen LogP contribution < -0.4 is 20.7 Å². The Balaban J connectivity index is 2.34. The highest BCUT2D eigenvalue weighted by Crippen LogP contribution is 2.14. The van der Waals surface area contributed by atoms with Gasteiger partial charge in [-0.2, -0.15) is 0 Å². The predicted molar refractivity (Wildman–Crippen MR) is 130 cm³/mol. The van der Waals surface area contributed by atoms with Gasteiger partial charge >= 0.3 is 0 Å². The molecule has 11 heteroatoms. The molecule has 0 heterocycles. The van der Waals surface area contributed by atoms with Crippen molar-refractivity contribution < 1.29 is 23.8 Å². The lowest BCUT2D eigenvalue weighted by molar-refractivity contribution is -0.126. The van der Waals surface area contributed by atoms with E-state index >= 15 is 0 Å². The molecule has 34 heavy (non-hydrogen) atoms. The predicted octanol–water partition coefficient (Wildman–Crippen LogP) is 2.40. The van der Waals surface area contributed by atoms with E-state index < -0.39 is 6.23 Å². The van der Waals surface area contributed by atoms with Crippen molar-refractivity contribution in [3.63, 3.8) is 0 Å². The molecule has 0 aliphatic rings. The Bertz CT molecular complexity index is 811. The number of hydrogen-bond donors (Lipinski definition) is 3. The van der Waals surface area contributed by atoms with Crippen LogP contribution in [0.5, 0.6) is 5.75 Å². The summed E-state index contributed by atoms with van der Waals surface area (Å²) in [7, 11) is 0. The smallest absolute Gasteiger partial charge is 0.251 e.